The highest BCUT2D eigenvalue weighted by Gasteiger charge is 2.36. The third-order valence-corrected chi connectivity index (χ3v) is 11.4. The predicted molar refractivity (Wildman–Crippen MR) is 197 cm³/mol. The Bertz CT molecular complexity index is 2120. The molecule has 0 bridgehead atoms. The number of aromatic nitrogens is 4. The van der Waals surface area contributed by atoms with Crippen LogP contribution in [0.4, 0.5) is 11.5 Å². The van der Waals surface area contributed by atoms with Crippen molar-refractivity contribution in [3.05, 3.63) is 72.4 Å². The molecule has 0 aliphatic carbocycles. The van der Waals surface area contributed by atoms with Gasteiger partial charge in [-0.15, -0.1) is 10.2 Å². The van der Waals surface area contributed by atoms with Gasteiger partial charge in [0.05, 0.1) is 22.9 Å². The zero-order chi connectivity index (χ0) is 34.5. The molecular formula is C39H43N9O3. The molecule has 4 aliphatic heterocycles. The Hall–Kier alpha value is -5.07. The van der Waals surface area contributed by atoms with Crippen molar-refractivity contribution in [2.75, 3.05) is 56.0 Å². The number of carbonyl (C=O) groups excluding carboxylic acids is 2. The monoisotopic (exact) mass is 685 g/mol. The smallest absolute Gasteiger partial charge is 0.249 e. The summed E-state index contributed by atoms with van der Waals surface area (Å²) < 4.78 is 2.02. The lowest BCUT2D eigenvalue weighted by Gasteiger charge is -2.49. The number of piperazine rings is 1. The van der Waals surface area contributed by atoms with E-state index in [1.165, 1.54) is 18.4 Å². The van der Waals surface area contributed by atoms with E-state index < -0.39 is 6.04 Å². The number of phenolic OH excluding ortho intramolecular Hbond substituents is 1. The highest BCUT2D eigenvalue weighted by atomic mass is 16.3. The minimum Gasteiger partial charge on any atom is -0.507 e. The number of nitrogens with one attached hydrogen (secondary N) is 2. The zero-order valence-electron chi connectivity index (χ0n) is 28.7. The summed E-state index contributed by atoms with van der Waals surface area (Å²) in [5.41, 5.74) is 5.55. The summed E-state index contributed by atoms with van der Waals surface area (Å²) in [6.45, 7) is 7.21. The summed E-state index contributed by atoms with van der Waals surface area (Å²) in [7, 11) is 0. The maximum absolute atomic E-state index is 12.8. The summed E-state index contributed by atoms with van der Waals surface area (Å²) in [5, 5.41) is 27.5. The number of rotatable bonds is 7. The average Bonchev–Trinajstić information content (AvgIpc) is 3.48. The van der Waals surface area contributed by atoms with Gasteiger partial charge in [0.1, 0.15) is 17.4 Å². The molecule has 0 spiro atoms. The van der Waals surface area contributed by atoms with Gasteiger partial charge in [-0.1, -0.05) is 18.2 Å². The van der Waals surface area contributed by atoms with Gasteiger partial charge in [-0.25, -0.2) is 4.98 Å². The fourth-order valence-corrected chi connectivity index (χ4v) is 8.80. The van der Waals surface area contributed by atoms with Crippen LogP contribution in [0.15, 0.2) is 66.9 Å². The number of nitrogens with zero attached hydrogens (tertiary/aromatic N) is 7. The maximum Gasteiger partial charge on any atom is 0.249 e. The molecule has 12 heteroatoms. The van der Waals surface area contributed by atoms with Gasteiger partial charge in [-0.3, -0.25) is 19.8 Å². The number of fused-ring (bicyclic) bond motifs is 6. The SMILES string of the molecule is O=C1CCC(n2c3ccc(CCCN4CCC(N5CCN6c7cc(-c8ccccc8O)nnc7NC[C@H]6C5)CC4)cc3c3cccnc32)C(=O)N1. The molecule has 51 heavy (non-hydrogen) atoms. The van der Waals surface area contributed by atoms with Crippen molar-refractivity contribution >= 4 is 45.3 Å². The van der Waals surface area contributed by atoms with Gasteiger partial charge in [-0.05, 0) is 99.8 Å². The van der Waals surface area contributed by atoms with Gasteiger partial charge >= 0.3 is 0 Å². The van der Waals surface area contributed by atoms with E-state index in [4.69, 9.17) is 0 Å². The lowest BCUT2D eigenvalue weighted by atomic mass is 9.98. The van der Waals surface area contributed by atoms with Gasteiger partial charge in [-0.2, -0.15) is 0 Å². The molecule has 2 amide bonds. The van der Waals surface area contributed by atoms with Crippen molar-refractivity contribution in [3.8, 4) is 17.0 Å². The van der Waals surface area contributed by atoms with Crippen molar-refractivity contribution < 1.29 is 14.7 Å². The fourth-order valence-electron chi connectivity index (χ4n) is 8.80. The second-order valence-electron chi connectivity index (χ2n) is 14.4. The predicted octanol–water partition coefficient (Wildman–Crippen LogP) is 4.34. The number of benzene rings is 2. The van der Waals surface area contributed by atoms with Crippen molar-refractivity contribution in [3.63, 3.8) is 0 Å². The minimum atomic E-state index is -0.439. The van der Waals surface area contributed by atoms with Crippen LogP contribution in [0.2, 0.25) is 0 Å². The van der Waals surface area contributed by atoms with Crippen LogP contribution in [0.5, 0.6) is 5.75 Å². The standard InChI is InChI=1S/C39H43N9O3/c49-35-8-2-1-6-29(35)31-22-34-37(44-43-31)41-23-27-24-46(19-20-47(27)34)26-13-17-45(18-14-26)16-4-5-25-9-10-32-30(21-25)28-7-3-15-40-38(28)48(32)33-11-12-36(50)42-39(33)51/h1-3,6-10,15,21-22,26-27,33,49H,4-5,11-14,16-20,23-24H2,(H,41,44)(H,42,50,51)/t27-,33?/m0/s1. The van der Waals surface area contributed by atoms with E-state index in [9.17, 15) is 14.7 Å². The molecule has 0 saturated carbocycles. The molecule has 12 nitrogen and oxygen atoms in total. The number of imide groups is 1. The Labute approximate surface area is 296 Å². The van der Waals surface area contributed by atoms with E-state index in [1.54, 1.807) is 12.3 Å². The topological polar surface area (TPSA) is 132 Å². The molecular weight excluding hydrogens is 642 g/mol. The molecule has 5 aromatic rings. The van der Waals surface area contributed by atoms with E-state index in [2.05, 4.69) is 70.8 Å². The number of para-hydroxylation sites is 1. The number of aromatic hydroxyl groups is 1. The first-order chi connectivity index (χ1) is 25.0. The quantitative estimate of drug-likeness (QED) is 0.213. The van der Waals surface area contributed by atoms with E-state index in [0.29, 0.717) is 36.2 Å². The molecule has 7 heterocycles. The maximum atomic E-state index is 12.8. The first-order valence-electron chi connectivity index (χ1n) is 18.3. The number of likely N-dealkylation sites (tertiary alicyclic amines) is 1. The summed E-state index contributed by atoms with van der Waals surface area (Å²) in [5.74, 6) is 0.581. The van der Waals surface area contributed by atoms with Crippen LogP contribution in [-0.2, 0) is 16.0 Å². The molecule has 3 saturated heterocycles. The molecule has 4 aliphatic rings. The number of aryl methyl sites for hydroxylation is 1. The lowest BCUT2D eigenvalue weighted by molar-refractivity contribution is -0.135. The zero-order valence-corrected chi connectivity index (χ0v) is 28.7. The number of anilines is 2. The number of hydrogen-bond acceptors (Lipinski definition) is 10. The molecule has 1 unspecified atom stereocenters. The summed E-state index contributed by atoms with van der Waals surface area (Å²) >= 11 is 0. The highest BCUT2D eigenvalue weighted by Crippen LogP contribution is 2.37. The van der Waals surface area contributed by atoms with Gasteiger partial charge < -0.3 is 24.8 Å². The lowest BCUT2D eigenvalue weighted by Crippen LogP contribution is -2.60. The van der Waals surface area contributed by atoms with Gasteiger partial charge in [0, 0.05) is 61.2 Å². The second kappa shape index (κ2) is 13.2. The number of amides is 2. The Morgan fingerprint density at radius 3 is 2.63 bits per heavy atom. The van der Waals surface area contributed by atoms with E-state index in [-0.39, 0.29) is 17.6 Å². The normalized spacial score (nSPS) is 21.8. The van der Waals surface area contributed by atoms with Crippen LogP contribution >= 0.6 is 0 Å². The van der Waals surface area contributed by atoms with Crippen LogP contribution in [0.25, 0.3) is 33.2 Å². The molecule has 2 aromatic carbocycles. The van der Waals surface area contributed by atoms with Crippen molar-refractivity contribution in [1.29, 1.82) is 0 Å². The van der Waals surface area contributed by atoms with Crippen LogP contribution < -0.4 is 15.5 Å². The molecule has 262 valence electrons. The number of carbonyl (C=O) groups is 2. The Kier molecular flexibility index (Phi) is 8.28. The Morgan fingerprint density at radius 1 is 0.882 bits per heavy atom. The summed E-state index contributed by atoms with van der Waals surface area (Å²) in [4.78, 5) is 37.1. The van der Waals surface area contributed by atoms with Crippen LogP contribution in [0.1, 0.15) is 43.7 Å². The Balaban J connectivity index is 0.798. The third kappa shape index (κ3) is 5.95. The number of pyridine rings is 1. The van der Waals surface area contributed by atoms with Crippen LogP contribution in [0, 0.1) is 0 Å². The van der Waals surface area contributed by atoms with E-state index >= 15 is 0 Å². The number of piperidine rings is 2. The third-order valence-electron chi connectivity index (χ3n) is 11.4. The van der Waals surface area contributed by atoms with Crippen molar-refractivity contribution in [2.45, 2.75) is 56.7 Å². The Morgan fingerprint density at radius 2 is 1.76 bits per heavy atom. The molecule has 9 rings (SSSR count). The van der Waals surface area contributed by atoms with Gasteiger partial charge in [0.25, 0.3) is 0 Å². The van der Waals surface area contributed by atoms with Gasteiger partial charge in [0.15, 0.2) is 5.82 Å². The van der Waals surface area contributed by atoms with Crippen molar-refractivity contribution in [2.24, 2.45) is 0 Å². The van der Waals surface area contributed by atoms with Crippen molar-refractivity contribution in [1.82, 2.24) is 34.9 Å². The highest BCUT2D eigenvalue weighted by molar-refractivity contribution is 6.09. The summed E-state index contributed by atoms with van der Waals surface area (Å²) in [6, 6.07) is 20.5. The molecule has 3 aromatic heterocycles. The molecule has 2 atom stereocenters. The van der Waals surface area contributed by atoms with Crippen LogP contribution in [-0.4, -0.2) is 104 Å². The average molecular weight is 686 g/mol. The molecule has 3 fully saturated rings. The second-order valence-corrected chi connectivity index (χ2v) is 14.4. The molecule has 3 N–H and O–H groups in total. The largest absolute Gasteiger partial charge is 0.507 e. The fraction of sp³-hybridized carbons (Fsp3) is 0.410. The number of phenols is 1. The van der Waals surface area contributed by atoms with Crippen LogP contribution in [0.3, 0.4) is 0 Å². The summed E-state index contributed by atoms with van der Waals surface area (Å²) in [6.07, 6.45) is 7.07. The minimum absolute atomic E-state index is 0.208. The first-order valence-corrected chi connectivity index (χ1v) is 18.3. The molecule has 0 radical (unpaired) electrons. The number of hydrogen-bond donors (Lipinski definition) is 3. The van der Waals surface area contributed by atoms with E-state index in [0.717, 1.165) is 92.1 Å². The first kappa shape index (κ1) is 31.9. The van der Waals surface area contributed by atoms with Gasteiger partial charge in [0.2, 0.25) is 11.8 Å². The van der Waals surface area contributed by atoms with E-state index in [1.807, 2.05) is 28.8 Å².